The Balaban J connectivity index is 2.11. The third kappa shape index (κ3) is 3.50. The monoisotopic (exact) mass is 290 g/mol. The van der Waals surface area contributed by atoms with Crippen molar-refractivity contribution >= 4 is 29.3 Å². The van der Waals surface area contributed by atoms with E-state index in [0.29, 0.717) is 11.2 Å². The number of rotatable bonds is 3. The van der Waals surface area contributed by atoms with E-state index in [1.807, 2.05) is 24.3 Å². The molecule has 1 aromatic carbocycles. The predicted molar refractivity (Wildman–Crippen MR) is 75.5 cm³/mol. The van der Waals surface area contributed by atoms with E-state index in [2.05, 4.69) is 0 Å². The van der Waals surface area contributed by atoms with Crippen LogP contribution >= 0.6 is 29.3 Å². The quantitative estimate of drug-likeness (QED) is 0.654. The van der Waals surface area contributed by atoms with Gasteiger partial charge < -0.3 is 4.57 Å². The van der Waals surface area contributed by atoms with Crippen molar-refractivity contribution in [1.82, 2.24) is 0 Å². The van der Waals surface area contributed by atoms with Crippen molar-refractivity contribution in [3.63, 3.8) is 0 Å². The zero-order valence-electron chi connectivity index (χ0n) is 9.74. The Morgan fingerprint density at radius 3 is 2.47 bits per heavy atom. The van der Waals surface area contributed by atoms with Gasteiger partial charge in [0.2, 0.25) is 0 Å². The van der Waals surface area contributed by atoms with Crippen LogP contribution in [-0.2, 0) is 10.7 Å². The van der Waals surface area contributed by atoms with Crippen LogP contribution in [-0.4, -0.2) is 5.66 Å². The summed E-state index contributed by atoms with van der Waals surface area (Å²) in [7, 11) is 0. The molecule has 1 nitrogen and oxygen atoms in total. The number of benzene rings is 1. The molecule has 0 aromatic heterocycles. The maximum Gasteiger partial charge on any atom is 0.176 e. The van der Waals surface area contributed by atoms with Gasteiger partial charge in [-0.25, -0.2) is 0 Å². The Labute approximate surface area is 113 Å². The van der Waals surface area contributed by atoms with E-state index in [4.69, 9.17) is 22.8 Å². The van der Waals surface area contributed by atoms with Gasteiger partial charge in [0, 0.05) is 16.8 Å². The van der Waals surface area contributed by atoms with E-state index in [0.717, 1.165) is 31.2 Å². The number of hydrogen-bond acceptors (Lipinski definition) is 1. The summed E-state index contributed by atoms with van der Waals surface area (Å²) >= 11 is 12.4. The van der Waals surface area contributed by atoms with Crippen molar-refractivity contribution in [2.45, 2.75) is 43.9 Å². The van der Waals surface area contributed by atoms with Crippen LogP contribution in [0.3, 0.4) is 0 Å². The van der Waals surface area contributed by atoms with E-state index < -0.39 is 6.49 Å². The summed E-state index contributed by atoms with van der Waals surface area (Å²) in [6.45, 7) is -2.63. The van der Waals surface area contributed by atoms with Crippen molar-refractivity contribution in [2.75, 3.05) is 0 Å². The lowest BCUT2D eigenvalue weighted by Gasteiger charge is -2.26. The molecule has 0 heterocycles. The Morgan fingerprint density at radius 2 is 1.82 bits per heavy atom. The SMILES string of the molecule is O=[P@](Cl)(Cc1ccccc1Cl)C1CCCCC1. The standard InChI is InChI=1S/C13H17Cl2OP/c14-13-9-5-4-6-11(13)10-17(15,16)12-7-2-1-3-8-12/h4-6,9,12H,1-3,7-8,10H2/t17-/m1/s1. The summed E-state index contributed by atoms with van der Waals surface area (Å²) in [5.74, 6) is 0. The third-order valence-corrected chi connectivity index (χ3v) is 7.40. The summed E-state index contributed by atoms with van der Waals surface area (Å²) in [6.07, 6.45) is 6.00. The highest BCUT2D eigenvalue weighted by atomic mass is 35.7. The molecule has 0 N–H and O–H groups in total. The van der Waals surface area contributed by atoms with Crippen LogP contribution in [0.4, 0.5) is 0 Å². The Morgan fingerprint density at radius 1 is 1.18 bits per heavy atom. The van der Waals surface area contributed by atoms with Gasteiger partial charge in [-0.1, -0.05) is 60.3 Å². The van der Waals surface area contributed by atoms with Crippen molar-refractivity contribution in [2.24, 2.45) is 0 Å². The molecule has 0 amide bonds. The zero-order chi connectivity index (χ0) is 12.3. The topological polar surface area (TPSA) is 17.1 Å². The minimum absolute atomic E-state index is 0.189. The molecule has 1 aliphatic rings. The van der Waals surface area contributed by atoms with E-state index in [1.54, 1.807) is 0 Å². The van der Waals surface area contributed by atoms with Gasteiger partial charge in [-0.3, -0.25) is 0 Å². The molecule has 1 aromatic rings. The summed E-state index contributed by atoms with van der Waals surface area (Å²) in [5.41, 5.74) is 1.10. The van der Waals surface area contributed by atoms with Crippen molar-refractivity contribution in [1.29, 1.82) is 0 Å². The van der Waals surface area contributed by atoms with Gasteiger partial charge in [0.25, 0.3) is 0 Å². The molecular weight excluding hydrogens is 274 g/mol. The van der Waals surface area contributed by atoms with Crippen LogP contribution in [0.1, 0.15) is 37.7 Å². The number of halogens is 2. The van der Waals surface area contributed by atoms with Crippen LogP contribution in [0.15, 0.2) is 24.3 Å². The lowest BCUT2D eigenvalue weighted by Crippen LogP contribution is -2.11. The lowest BCUT2D eigenvalue weighted by atomic mass is 10.0. The second kappa shape index (κ2) is 5.78. The van der Waals surface area contributed by atoms with E-state index in [-0.39, 0.29) is 5.66 Å². The molecule has 4 heteroatoms. The molecule has 1 fully saturated rings. The Bertz CT molecular complexity index is 427. The molecule has 17 heavy (non-hydrogen) atoms. The molecule has 0 bridgehead atoms. The average Bonchev–Trinajstić information content (AvgIpc) is 2.33. The lowest BCUT2D eigenvalue weighted by molar-refractivity contribution is 0.488. The minimum Gasteiger partial charge on any atom is -0.306 e. The molecule has 1 aliphatic carbocycles. The van der Waals surface area contributed by atoms with E-state index in [1.165, 1.54) is 6.42 Å². The molecule has 0 saturated heterocycles. The molecule has 1 saturated carbocycles. The van der Waals surface area contributed by atoms with Crippen molar-refractivity contribution < 1.29 is 4.57 Å². The highest BCUT2D eigenvalue weighted by Gasteiger charge is 2.32. The first-order valence-electron chi connectivity index (χ1n) is 6.11. The fourth-order valence-corrected chi connectivity index (χ4v) is 5.86. The second-order valence-electron chi connectivity index (χ2n) is 4.74. The predicted octanol–water partition coefficient (Wildman–Crippen LogP) is 5.69. The summed E-state index contributed by atoms with van der Waals surface area (Å²) in [6, 6.07) is 7.54. The van der Waals surface area contributed by atoms with Crippen molar-refractivity contribution in [3.8, 4) is 0 Å². The number of hydrogen-bond donors (Lipinski definition) is 0. The van der Waals surface area contributed by atoms with Crippen LogP contribution in [0.5, 0.6) is 0 Å². The summed E-state index contributed by atoms with van der Waals surface area (Å²) < 4.78 is 12.6. The highest BCUT2D eigenvalue weighted by Crippen LogP contribution is 2.62. The van der Waals surface area contributed by atoms with Crippen LogP contribution < -0.4 is 0 Å². The molecule has 94 valence electrons. The van der Waals surface area contributed by atoms with Crippen LogP contribution in [0, 0.1) is 0 Å². The molecule has 2 rings (SSSR count). The maximum atomic E-state index is 12.6. The molecule has 0 unspecified atom stereocenters. The van der Waals surface area contributed by atoms with E-state index >= 15 is 0 Å². The third-order valence-electron chi connectivity index (χ3n) is 3.46. The van der Waals surface area contributed by atoms with Gasteiger partial charge in [0.05, 0.1) is 0 Å². The van der Waals surface area contributed by atoms with Crippen LogP contribution in [0.25, 0.3) is 0 Å². The average molecular weight is 291 g/mol. The van der Waals surface area contributed by atoms with Crippen LogP contribution in [0.2, 0.25) is 5.02 Å². The molecule has 0 radical (unpaired) electrons. The molecule has 0 aliphatic heterocycles. The fraction of sp³-hybridized carbons (Fsp3) is 0.538. The molecule has 1 atom stereocenters. The molecule has 0 spiro atoms. The van der Waals surface area contributed by atoms with Crippen molar-refractivity contribution in [3.05, 3.63) is 34.9 Å². The van der Waals surface area contributed by atoms with Gasteiger partial charge in [-0.15, -0.1) is 0 Å². The molecular formula is C13H17Cl2OP. The normalized spacial score (nSPS) is 21.1. The second-order valence-corrected chi connectivity index (χ2v) is 9.32. The summed E-state index contributed by atoms with van der Waals surface area (Å²) in [5, 5.41) is 0.671. The van der Waals surface area contributed by atoms with Gasteiger partial charge in [-0.05, 0) is 24.5 Å². The first kappa shape index (κ1) is 13.5. The fourth-order valence-electron chi connectivity index (χ4n) is 2.45. The zero-order valence-corrected chi connectivity index (χ0v) is 12.1. The summed E-state index contributed by atoms with van der Waals surface area (Å²) in [4.78, 5) is 0. The maximum absolute atomic E-state index is 12.6. The van der Waals surface area contributed by atoms with Gasteiger partial charge in [0.15, 0.2) is 6.49 Å². The minimum atomic E-state index is -2.63. The largest absolute Gasteiger partial charge is 0.306 e. The van der Waals surface area contributed by atoms with Gasteiger partial charge in [-0.2, -0.15) is 0 Å². The first-order chi connectivity index (χ1) is 8.09. The Hall–Kier alpha value is 0.0300. The highest BCUT2D eigenvalue weighted by molar-refractivity contribution is 7.89. The van der Waals surface area contributed by atoms with Gasteiger partial charge >= 0.3 is 0 Å². The first-order valence-corrected chi connectivity index (χ1v) is 9.36. The van der Waals surface area contributed by atoms with E-state index in [9.17, 15) is 4.57 Å². The Kier molecular flexibility index (Phi) is 4.58. The smallest absolute Gasteiger partial charge is 0.176 e. The van der Waals surface area contributed by atoms with Gasteiger partial charge in [0.1, 0.15) is 0 Å².